The molecular weight excluding hydrogens is 184 g/mol. The molecule has 0 heterocycles. The van der Waals surface area contributed by atoms with Crippen molar-refractivity contribution in [1.29, 1.82) is 0 Å². The van der Waals surface area contributed by atoms with Crippen LogP contribution in [-0.2, 0) is 0 Å². The highest BCUT2D eigenvalue weighted by Crippen LogP contribution is 2.55. The number of halogens is 2. The second-order valence-corrected chi connectivity index (χ2v) is 5.27. The molecule has 2 N–H and O–H groups in total. The van der Waals surface area contributed by atoms with Crippen molar-refractivity contribution >= 4 is 0 Å². The maximum Gasteiger partial charge on any atom is 0.249 e. The molecule has 14 heavy (non-hydrogen) atoms. The highest BCUT2D eigenvalue weighted by molar-refractivity contribution is 5.00. The van der Waals surface area contributed by atoms with Crippen molar-refractivity contribution in [2.45, 2.75) is 50.9 Å². The molecule has 82 valence electrons. The molecule has 0 aromatic rings. The zero-order valence-electron chi connectivity index (χ0n) is 8.57. The summed E-state index contributed by atoms with van der Waals surface area (Å²) in [6.45, 7) is 0.444. The first-order valence-electron chi connectivity index (χ1n) is 5.63. The lowest BCUT2D eigenvalue weighted by molar-refractivity contribution is -0.164. The standard InChI is InChI=1S/C11H19F2N/c12-11(13)6-10(7-11,8-14)5-9-3-1-2-4-9/h9H,1-8,14H2. The second-order valence-electron chi connectivity index (χ2n) is 5.27. The SMILES string of the molecule is NCC1(CC2CCCC2)CC(F)(F)C1. The van der Waals surface area contributed by atoms with Gasteiger partial charge in [-0.3, -0.25) is 0 Å². The molecule has 0 radical (unpaired) electrons. The highest BCUT2D eigenvalue weighted by atomic mass is 19.3. The van der Waals surface area contributed by atoms with Gasteiger partial charge in [0.1, 0.15) is 0 Å². The fourth-order valence-electron chi connectivity index (χ4n) is 3.24. The van der Waals surface area contributed by atoms with E-state index in [0.717, 1.165) is 6.42 Å². The van der Waals surface area contributed by atoms with Gasteiger partial charge in [0.25, 0.3) is 0 Å². The van der Waals surface area contributed by atoms with Crippen molar-refractivity contribution < 1.29 is 8.78 Å². The molecule has 0 unspecified atom stereocenters. The van der Waals surface area contributed by atoms with Crippen molar-refractivity contribution in [2.24, 2.45) is 17.1 Å². The van der Waals surface area contributed by atoms with Gasteiger partial charge in [0, 0.05) is 12.8 Å². The first-order valence-corrected chi connectivity index (χ1v) is 5.63. The molecule has 0 atom stereocenters. The fourth-order valence-corrected chi connectivity index (χ4v) is 3.24. The molecule has 3 heteroatoms. The van der Waals surface area contributed by atoms with Crippen molar-refractivity contribution in [3.8, 4) is 0 Å². The van der Waals surface area contributed by atoms with Crippen LogP contribution in [0.2, 0.25) is 0 Å². The third kappa shape index (κ3) is 1.92. The third-order valence-corrected chi connectivity index (χ3v) is 3.90. The van der Waals surface area contributed by atoms with E-state index >= 15 is 0 Å². The van der Waals surface area contributed by atoms with Gasteiger partial charge in [0.15, 0.2) is 0 Å². The fraction of sp³-hybridized carbons (Fsp3) is 1.00. The van der Waals surface area contributed by atoms with E-state index in [1.165, 1.54) is 25.7 Å². The van der Waals surface area contributed by atoms with Crippen LogP contribution in [0.1, 0.15) is 44.9 Å². The minimum Gasteiger partial charge on any atom is -0.330 e. The van der Waals surface area contributed by atoms with Gasteiger partial charge in [-0.25, -0.2) is 8.78 Å². The zero-order chi connectivity index (χ0) is 10.2. The summed E-state index contributed by atoms with van der Waals surface area (Å²) in [5.41, 5.74) is 5.42. The van der Waals surface area contributed by atoms with E-state index in [-0.39, 0.29) is 18.3 Å². The Morgan fingerprint density at radius 2 is 1.71 bits per heavy atom. The van der Waals surface area contributed by atoms with Crippen LogP contribution in [0, 0.1) is 11.3 Å². The molecule has 0 amide bonds. The molecule has 0 aliphatic heterocycles. The molecule has 0 saturated heterocycles. The van der Waals surface area contributed by atoms with Crippen molar-refractivity contribution in [3.05, 3.63) is 0 Å². The first kappa shape index (κ1) is 10.3. The largest absolute Gasteiger partial charge is 0.330 e. The molecule has 0 aromatic carbocycles. The minimum absolute atomic E-state index is 0.0347. The number of nitrogens with two attached hydrogens (primary N) is 1. The first-order chi connectivity index (χ1) is 6.55. The monoisotopic (exact) mass is 203 g/mol. The van der Waals surface area contributed by atoms with Crippen molar-refractivity contribution in [2.75, 3.05) is 6.54 Å². The number of hydrogen-bond donors (Lipinski definition) is 1. The molecule has 0 spiro atoms. The average molecular weight is 203 g/mol. The maximum absolute atomic E-state index is 12.8. The molecular formula is C11H19F2N. The predicted molar refractivity (Wildman–Crippen MR) is 52.2 cm³/mol. The Bertz CT molecular complexity index is 201. The van der Waals surface area contributed by atoms with Gasteiger partial charge in [-0.2, -0.15) is 0 Å². The summed E-state index contributed by atoms with van der Waals surface area (Å²) in [4.78, 5) is 0. The molecule has 2 aliphatic carbocycles. The molecule has 2 saturated carbocycles. The predicted octanol–water partition coefficient (Wildman–Crippen LogP) is 2.94. The highest BCUT2D eigenvalue weighted by Gasteiger charge is 2.55. The van der Waals surface area contributed by atoms with E-state index in [2.05, 4.69) is 0 Å². The van der Waals surface area contributed by atoms with Crippen LogP contribution in [0.3, 0.4) is 0 Å². The summed E-state index contributed by atoms with van der Waals surface area (Å²) in [6, 6.07) is 0. The van der Waals surface area contributed by atoms with Crippen LogP contribution >= 0.6 is 0 Å². The van der Waals surface area contributed by atoms with Crippen LogP contribution in [0.5, 0.6) is 0 Å². The molecule has 2 aliphatic rings. The molecule has 0 bridgehead atoms. The van der Waals surface area contributed by atoms with Crippen LogP contribution in [0.4, 0.5) is 8.78 Å². The van der Waals surface area contributed by atoms with Gasteiger partial charge in [-0.15, -0.1) is 0 Å². The van der Waals surface area contributed by atoms with Gasteiger partial charge < -0.3 is 5.73 Å². The third-order valence-electron chi connectivity index (χ3n) is 3.90. The Kier molecular flexibility index (Phi) is 2.54. The second kappa shape index (κ2) is 3.44. The summed E-state index contributed by atoms with van der Waals surface area (Å²) in [6.07, 6.45) is 6.03. The lowest BCUT2D eigenvalue weighted by Gasteiger charge is -2.48. The Balaban J connectivity index is 1.88. The van der Waals surface area contributed by atoms with Crippen molar-refractivity contribution in [1.82, 2.24) is 0 Å². The lowest BCUT2D eigenvalue weighted by atomic mass is 9.62. The van der Waals surface area contributed by atoms with Gasteiger partial charge in [-0.1, -0.05) is 25.7 Å². The Hall–Kier alpha value is -0.180. The molecule has 2 fully saturated rings. The zero-order valence-corrected chi connectivity index (χ0v) is 8.57. The Morgan fingerprint density at radius 1 is 1.14 bits per heavy atom. The van der Waals surface area contributed by atoms with Crippen LogP contribution < -0.4 is 5.73 Å². The van der Waals surface area contributed by atoms with Gasteiger partial charge in [0.2, 0.25) is 5.92 Å². The van der Waals surface area contributed by atoms with Crippen LogP contribution in [0.25, 0.3) is 0 Å². The van der Waals surface area contributed by atoms with E-state index < -0.39 is 5.92 Å². The normalized spacial score (nSPS) is 30.2. The van der Waals surface area contributed by atoms with Gasteiger partial charge in [-0.05, 0) is 24.3 Å². The number of rotatable bonds is 3. The van der Waals surface area contributed by atoms with Gasteiger partial charge in [0.05, 0.1) is 0 Å². The number of alkyl halides is 2. The van der Waals surface area contributed by atoms with Gasteiger partial charge >= 0.3 is 0 Å². The smallest absolute Gasteiger partial charge is 0.249 e. The van der Waals surface area contributed by atoms with E-state index in [1.54, 1.807) is 0 Å². The molecule has 1 nitrogen and oxygen atoms in total. The summed E-state index contributed by atoms with van der Waals surface area (Å²) in [5.74, 6) is -1.74. The lowest BCUT2D eigenvalue weighted by Crippen LogP contribution is -2.51. The van der Waals surface area contributed by atoms with E-state index in [9.17, 15) is 8.78 Å². The quantitative estimate of drug-likeness (QED) is 0.749. The van der Waals surface area contributed by atoms with E-state index in [4.69, 9.17) is 5.73 Å². The van der Waals surface area contributed by atoms with E-state index in [0.29, 0.717) is 12.5 Å². The topological polar surface area (TPSA) is 26.0 Å². The Labute approximate surface area is 84.0 Å². The molecule has 2 rings (SSSR count). The average Bonchev–Trinajstić information content (AvgIpc) is 2.53. The summed E-state index contributed by atoms with van der Waals surface area (Å²) in [5, 5.41) is 0. The van der Waals surface area contributed by atoms with Crippen molar-refractivity contribution in [3.63, 3.8) is 0 Å². The summed E-state index contributed by atoms with van der Waals surface area (Å²) in [7, 11) is 0. The van der Waals surface area contributed by atoms with Crippen LogP contribution in [0.15, 0.2) is 0 Å². The minimum atomic E-state index is -2.42. The molecule has 0 aromatic heterocycles. The maximum atomic E-state index is 12.8. The summed E-state index contributed by atoms with van der Waals surface area (Å²) < 4.78 is 25.7. The Morgan fingerprint density at radius 3 is 2.14 bits per heavy atom. The number of hydrogen-bond acceptors (Lipinski definition) is 1. The van der Waals surface area contributed by atoms with Crippen LogP contribution in [-0.4, -0.2) is 12.5 Å². The summed E-state index contributed by atoms with van der Waals surface area (Å²) >= 11 is 0. The van der Waals surface area contributed by atoms with E-state index in [1.807, 2.05) is 0 Å².